The topological polar surface area (TPSA) is 79.0 Å². The van der Waals surface area contributed by atoms with Crippen molar-refractivity contribution in [3.8, 4) is 5.75 Å². The van der Waals surface area contributed by atoms with E-state index in [4.69, 9.17) is 4.74 Å². The van der Waals surface area contributed by atoms with E-state index in [0.717, 1.165) is 53.2 Å². The molecule has 2 fully saturated rings. The van der Waals surface area contributed by atoms with Gasteiger partial charge in [-0.3, -0.25) is 4.79 Å². The smallest absolute Gasteiger partial charge is 0.228 e. The van der Waals surface area contributed by atoms with Crippen LogP contribution in [-0.4, -0.2) is 35.1 Å². The van der Waals surface area contributed by atoms with E-state index in [0.29, 0.717) is 0 Å². The van der Waals surface area contributed by atoms with Crippen molar-refractivity contribution >= 4 is 22.6 Å². The Morgan fingerprint density at radius 2 is 2.07 bits per heavy atom. The molecule has 6 nitrogen and oxygen atoms in total. The molecule has 5 rings (SSSR count). The summed E-state index contributed by atoms with van der Waals surface area (Å²) in [7, 11) is 1.67. The molecule has 2 aliphatic rings. The third-order valence-electron chi connectivity index (χ3n) is 6.37. The molecule has 1 unspecified atom stereocenters. The summed E-state index contributed by atoms with van der Waals surface area (Å²) in [6, 6.07) is 13.9. The quantitative estimate of drug-likeness (QED) is 0.622. The van der Waals surface area contributed by atoms with Gasteiger partial charge in [0.1, 0.15) is 11.6 Å². The average molecular weight is 390 g/mol. The molecule has 1 saturated heterocycles. The van der Waals surface area contributed by atoms with Crippen LogP contribution in [0.2, 0.25) is 0 Å². The van der Waals surface area contributed by atoms with Crippen LogP contribution in [0, 0.1) is 5.92 Å². The van der Waals surface area contributed by atoms with E-state index in [1.807, 2.05) is 42.5 Å². The molecule has 150 valence electrons. The number of anilines is 1. The summed E-state index contributed by atoms with van der Waals surface area (Å²) in [4.78, 5) is 20.7. The summed E-state index contributed by atoms with van der Waals surface area (Å²) in [6.45, 7) is 0.782. The van der Waals surface area contributed by atoms with E-state index in [1.165, 1.54) is 19.3 Å². The van der Waals surface area contributed by atoms with Gasteiger partial charge >= 0.3 is 0 Å². The van der Waals surface area contributed by atoms with Crippen LogP contribution in [0.15, 0.2) is 42.5 Å². The molecule has 0 bridgehead atoms. The van der Waals surface area contributed by atoms with Crippen molar-refractivity contribution in [2.75, 3.05) is 19.0 Å². The van der Waals surface area contributed by atoms with Gasteiger partial charge in [0.05, 0.1) is 24.1 Å². The van der Waals surface area contributed by atoms with Crippen LogP contribution in [0.1, 0.15) is 37.1 Å². The first kappa shape index (κ1) is 18.2. The molecular formula is C23H26N4O2. The standard InChI is InChI=1S/C23H26N4O2/c1-29-18-6-3-15(4-7-18)11-21-26-19-8-5-17(12-20(19)27-21)25-22(28)16-13-23(24-14-16)9-2-10-23/h3-8,12,16,24H,2,9-11,13-14H2,1H3,(H,25,28)(H,26,27). The van der Waals surface area contributed by atoms with Gasteiger partial charge in [-0.25, -0.2) is 4.98 Å². The predicted molar refractivity (Wildman–Crippen MR) is 113 cm³/mol. The molecule has 1 saturated carbocycles. The monoisotopic (exact) mass is 390 g/mol. The zero-order chi connectivity index (χ0) is 19.8. The number of carbonyl (C=O) groups is 1. The largest absolute Gasteiger partial charge is 0.497 e. The normalized spacial score (nSPS) is 20.0. The molecule has 3 N–H and O–H groups in total. The van der Waals surface area contributed by atoms with Gasteiger partial charge in [0, 0.05) is 24.2 Å². The third-order valence-corrected chi connectivity index (χ3v) is 6.37. The fourth-order valence-corrected chi connectivity index (χ4v) is 4.53. The van der Waals surface area contributed by atoms with Crippen LogP contribution in [0.5, 0.6) is 5.75 Å². The lowest BCUT2D eigenvalue weighted by atomic mass is 9.74. The van der Waals surface area contributed by atoms with Gasteiger partial charge in [0.2, 0.25) is 5.91 Å². The van der Waals surface area contributed by atoms with Crippen LogP contribution < -0.4 is 15.4 Å². The molecule has 1 amide bonds. The Morgan fingerprint density at radius 1 is 1.24 bits per heavy atom. The number of amides is 1. The average Bonchev–Trinajstić information content (AvgIpc) is 3.32. The number of nitrogens with zero attached hydrogens (tertiary/aromatic N) is 1. The summed E-state index contributed by atoms with van der Waals surface area (Å²) in [5.41, 5.74) is 4.06. The fourth-order valence-electron chi connectivity index (χ4n) is 4.53. The lowest BCUT2D eigenvalue weighted by Gasteiger charge is -2.38. The van der Waals surface area contributed by atoms with E-state index < -0.39 is 0 Å². The molecule has 0 radical (unpaired) electrons. The van der Waals surface area contributed by atoms with Gasteiger partial charge in [-0.1, -0.05) is 12.1 Å². The summed E-state index contributed by atoms with van der Waals surface area (Å²) in [6.07, 6.45) is 5.35. The molecule has 29 heavy (non-hydrogen) atoms. The highest BCUT2D eigenvalue weighted by Gasteiger charge is 2.45. The number of nitrogens with one attached hydrogen (secondary N) is 3. The van der Waals surface area contributed by atoms with Gasteiger partial charge in [0.25, 0.3) is 0 Å². The van der Waals surface area contributed by atoms with E-state index >= 15 is 0 Å². The Balaban J connectivity index is 1.27. The van der Waals surface area contributed by atoms with Crippen molar-refractivity contribution < 1.29 is 9.53 Å². The number of hydrogen-bond acceptors (Lipinski definition) is 4. The van der Waals surface area contributed by atoms with Gasteiger partial charge in [-0.2, -0.15) is 0 Å². The maximum absolute atomic E-state index is 12.7. The lowest BCUT2D eigenvalue weighted by Crippen LogP contribution is -2.45. The number of hydrogen-bond donors (Lipinski definition) is 3. The number of methoxy groups -OCH3 is 1. The van der Waals surface area contributed by atoms with E-state index in [2.05, 4.69) is 20.6 Å². The first-order valence-electron chi connectivity index (χ1n) is 10.3. The van der Waals surface area contributed by atoms with Crippen molar-refractivity contribution in [3.05, 3.63) is 53.9 Å². The highest BCUT2D eigenvalue weighted by Crippen LogP contribution is 2.41. The molecule has 1 spiro atoms. The van der Waals surface area contributed by atoms with Crippen LogP contribution in [0.25, 0.3) is 11.0 Å². The van der Waals surface area contributed by atoms with Gasteiger partial charge in [-0.15, -0.1) is 0 Å². The zero-order valence-corrected chi connectivity index (χ0v) is 16.6. The third kappa shape index (κ3) is 3.60. The molecule has 2 aromatic carbocycles. The maximum Gasteiger partial charge on any atom is 0.228 e. The number of fused-ring (bicyclic) bond motifs is 1. The number of aromatic nitrogens is 2. The fraction of sp³-hybridized carbons (Fsp3) is 0.391. The highest BCUT2D eigenvalue weighted by atomic mass is 16.5. The Kier molecular flexibility index (Phi) is 4.51. The number of rotatable bonds is 5. The molecule has 3 aromatic rings. The predicted octanol–water partition coefficient (Wildman–Crippen LogP) is 3.63. The van der Waals surface area contributed by atoms with Crippen LogP contribution in [0.4, 0.5) is 5.69 Å². The van der Waals surface area contributed by atoms with Crippen molar-refractivity contribution in [2.24, 2.45) is 5.92 Å². The molecule has 1 atom stereocenters. The van der Waals surface area contributed by atoms with Crippen LogP contribution >= 0.6 is 0 Å². The lowest BCUT2D eigenvalue weighted by molar-refractivity contribution is -0.119. The minimum atomic E-state index is 0.0541. The molecule has 6 heteroatoms. The molecule has 1 aromatic heterocycles. The number of imidazole rings is 1. The van der Waals surface area contributed by atoms with Crippen molar-refractivity contribution in [1.29, 1.82) is 0 Å². The summed E-state index contributed by atoms with van der Waals surface area (Å²) in [5, 5.41) is 6.66. The summed E-state index contributed by atoms with van der Waals surface area (Å²) in [5.74, 6) is 1.91. The number of aromatic amines is 1. The van der Waals surface area contributed by atoms with E-state index in [1.54, 1.807) is 7.11 Å². The number of ether oxygens (including phenoxy) is 1. The van der Waals surface area contributed by atoms with Gasteiger partial charge in [-0.05, 0) is 61.6 Å². The van der Waals surface area contributed by atoms with Crippen LogP contribution in [-0.2, 0) is 11.2 Å². The van der Waals surface area contributed by atoms with Crippen molar-refractivity contribution in [1.82, 2.24) is 15.3 Å². The number of benzene rings is 2. The maximum atomic E-state index is 12.7. The SMILES string of the molecule is COc1ccc(Cc2nc3ccc(NC(=O)C4CNC5(CCC5)C4)cc3[nH]2)cc1. The van der Waals surface area contributed by atoms with E-state index in [9.17, 15) is 4.79 Å². The molecule has 1 aliphatic carbocycles. The molecular weight excluding hydrogens is 364 g/mol. The Hall–Kier alpha value is -2.86. The molecule has 2 heterocycles. The second kappa shape index (κ2) is 7.19. The summed E-state index contributed by atoms with van der Waals surface area (Å²) >= 11 is 0. The highest BCUT2D eigenvalue weighted by molar-refractivity contribution is 5.95. The second-order valence-corrected chi connectivity index (χ2v) is 8.35. The molecule has 1 aliphatic heterocycles. The number of carbonyl (C=O) groups excluding carboxylic acids is 1. The second-order valence-electron chi connectivity index (χ2n) is 8.35. The van der Waals surface area contributed by atoms with E-state index in [-0.39, 0.29) is 17.4 Å². The zero-order valence-electron chi connectivity index (χ0n) is 16.6. The van der Waals surface area contributed by atoms with Crippen LogP contribution in [0.3, 0.4) is 0 Å². The first-order chi connectivity index (χ1) is 14.1. The summed E-state index contributed by atoms with van der Waals surface area (Å²) < 4.78 is 5.21. The van der Waals surface area contributed by atoms with Crippen molar-refractivity contribution in [3.63, 3.8) is 0 Å². The Labute approximate surface area is 170 Å². The van der Waals surface area contributed by atoms with Gasteiger partial charge in [0.15, 0.2) is 0 Å². The van der Waals surface area contributed by atoms with Gasteiger partial charge < -0.3 is 20.4 Å². The minimum Gasteiger partial charge on any atom is -0.497 e. The first-order valence-corrected chi connectivity index (χ1v) is 10.3. The Bertz CT molecular complexity index is 1040. The number of H-pyrrole nitrogens is 1. The minimum absolute atomic E-state index is 0.0541. The Morgan fingerprint density at radius 3 is 2.76 bits per heavy atom. The van der Waals surface area contributed by atoms with Crippen molar-refractivity contribution in [2.45, 2.75) is 37.6 Å².